The average molecular weight is 376 g/mol. The third-order valence-electron chi connectivity index (χ3n) is 4.75. The van der Waals surface area contributed by atoms with Crippen LogP contribution in [0.1, 0.15) is 15.9 Å². The summed E-state index contributed by atoms with van der Waals surface area (Å²) in [5.41, 5.74) is 5.91. The van der Waals surface area contributed by atoms with Crippen LogP contribution >= 0.6 is 0 Å². The third kappa shape index (κ3) is 3.76. The van der Waals surface area contributed by atoms with Gasteiger partial charge in [0.25, 0.3) is 0 Å². The van der Waals surface area contributed by atoms with Crippen molar-refractivity contribution in [2.75, 3.05) is 0 Å². The van der Waals surface area contributed by atoms with Gasteiger partial charge in [-0.25, -0.2) is 4.79 Å². The number of benzene rings is 3. The topological polar surface area (TPSA) is 74.0 Å². The fourth-order valence-corrected chi connectivity index (χ4v) is 3.24. The maximum atomic E-state index is 11.2. The van der Waals surface area contributed by atoms with E-state index >= 15 is 0 Å². The van der Waals surface area contributed by atoms with E-state index in [0.29, 0.717) is 16.8 Å². The number of carboxylic acids is 1. The number of nitrogens with zero attached hydrogens (tertiary/aromatic N) is 2. The molecule has 1 aromatic heterocycles. The molecule has 0 aliphatic carbocycles. The summed E-state index contributed by atoms with van der Waals surface area (Å²) < 4.78 is 0. The van der Waals surface area contributed by atoms with Crippen LogP contribution in [0, 0.1) is 11.3 Å². The molecule has 0 saturated heterocycles. The van der Waals surface area contributed by atoms with Gasteiger partial charge in [0.1, 0.15) is 0 Å². The Labute approximate surface area is 168 Å². The summed E-state index contributed by atoms with van der Waals surface area (Å²) >= 11 is 0. The monoisotopic (exact) mass is 376 g/mol. The van der Waals surface area contributed by atoms with Crippen molar-refractivity contribution in [2.24, 2.45) is 0 Å². The molecule has 0 unspecified atom stereocenters. The predicted octanol–water partition coefficient (Wildman–Crippen LogP) is 5.65. The number of nitriles is 1. The second-order valence-electron chi connectivity index (χ2n) is 6.55. The van der Waals surface area contributed by atoms with Crippen molar-refractivity contribution in [2.45, 2.75) is 0 Å². The zero-order valence-electron chi connectivity index (χ0n) is 15.4. The molecule has 4 rings (SSSR count). The van der Waals surface area contributed by atoms with E-state index in [-0.39, 0.29) is 5.56 Å². The summed E-state index contributed by atoms with van der Waals surface area (Å²) in [6.45, 7) is 0. The van der Waals surface area contributed by atoms with Crippen LogP contribution in [-0.4, -0.2) is 16.1 Å². The van der Waals surface area contributed by atoms with Gasteiger partial charge in [-0.05, 0) is 40.5 Å². The lowest BCUT2D eigenvalue weighted by Gasteiger charge is -2.09. The van der Waals surface area contributed by atoms with Crippen molar-refractivity contribution >= 4 is 5.97 Å². The molecule has 0 bridgehead atoms. The van der Waals surface area contributed by atoms with Gasteiger partial charge in [-0.2, -0.15) is 5.26 Å². The summed E-state index contributed by atoms with van der Waals surface area (Å²) in [6, 6.07) is 28.9. The Hall–Kier alpha value is -4.23. The van der Waals surface area contributed by atoms with E-state index in [1.165, 1.54) is 18.3 Å². The molecular weight excluding hydrogens is 360 g/mol. The van der Waals surface area contributed by atoms with Crippen molar-refractivity contribution < 1.29 is 9.90 Å². The van der Waals surface area contributed by atoms with Crippen LogP contribution in [0.2, 0.25) is 0 Å². The summed E-state index contributed by atoms with van der Waals surface area (Å²) in [5.74, 6) is -1.01. The second kappa shape index (κ2) is 7.79. The minimum atomic E-state index is -1.01. The molecule has 4 heteroatoms. The van der Waals surface area contributed by atoms with E-state index in [1.807, 2.05) is 54.6 Å². The van der Waals surface area contributed by atoms with Crippen LogP contribution in [0.3, 0.4) is 0 Å². The summed E-state index contributed by atoms with van der Waals surface area (Å²) in [6.07, 6.45) is 1.46. The first-order valence-corrected chi connectivity index (χ1v) is 9.05. The molecule has 0 aliphatic heterocycles. The third-order valence-corrected chi connectivity index (χ3v) is 4.75. The first-order chi connectivity index (χ1) is 14.2. The number of carboxylic acid groups (broad SMARTS) is 1. The second-order valence-corrected chi connectivity index (χ2v) is 6.55. The van der Waals surface area contributed by atoms with Gasteiger partial charge in [-0.1, -0.05) is 66.7 Å². The van der Waals surface area contributed by atoms with Gasteiger partial charge in [0, 0.05) is 11.8 Å². The van der Waals surface area contributed by atoms with E-state index in [4.69, 9.17) is 0 Å². The fraction of sp³-hybridized carbons (Fsp3) is 0. The number of rotatable bonds is 4. The largest absolute Gasteiger partial charge is 0.478 e. The molecule has 29 heavy (non-hydrogen) atoms. The Morgan fingerprint density at radius 3 is 2.14 bits per heavy atom. The molecule has 1 N–H and O–H groups in total. The summed E-state index contributed by atoms with van der Waals surface area (Å²) in [5, 5.41) is 18.8. The molecule has 4 nitrogen and oxygen atoms in total. The molecular formula is C25H16N2O2. The number of hydrogen-bond donors (Lipinski definition) is 1. The van der Waals surface area contributed by atoms with Crippen molar-refractivity contribution in [1.82, 2.24) is 4.98 Å². The summed E-state index contributed by atoms with van der Waals surface area (Å²) in [4.78, 5) is 15.4. The number of pyridine rings is 1. The molecule has 0 saturated carbocycles. The Morgan fingerprint density at radius 2 is 1.45 bits per heavy atom. The minimum Gasteiger partial charge on any atom is -0.478 e. The van der Waals surface area contributed by atoms with Crippen molar-refractivity contribution in [3.63, 3.8) is 0 Å². The molecule has 0 radical (unpaired) electrons. The van der Waals surface area contributed by atoms with Crippen LogP contribution in [0.5, 0.6) is 0 Å². The SMILES string of the molecule is N#Cc1cc(-c2cc(C(=O)O)ccn2)ccc1-c1ccc(-c2ccccc2)cc1. The molecule has 138 valence electrons. The van der Waals surface area contributed by atoms with Gasteiger partial charge in [-0.3, -0.25) is 4.98 Å². The highest BCUT2D eigenvalue weighted by Crippen LogP contribution is 2.30. The lowest BCUT2D eigenvalue weighted by molar-refractivity contribution is 0.0697. The molecule has 0 atom stereocenters. The highest BCUT2D eigenvalue weighted by atomic mass is 16.4. The molecule has 0 amide bonds. The van der Waals surface area contributed by atoms with E-state index in [1.54, 1.807) is 6.07 Å². The van der Waals surface area contributed by atoms with Crippen LogP contribution in [-0.2, 0) is 0 Å². The van der Waals surface area contributed by atoms with E-state index in [2.05, 4.69) is 23.2 Å². The van der Waals surface area contributed by atoms with E-state index < -0.39 is 5.97 Å². The Kier molecular flexibility index (Phi) is 4.88. The standard InChI is InChI=1S/C25H16N2O2/c26-16-22-14-20(24-15-21(25(28)29)12-13-27-24)10-11-23(22)19-8-6-18(7-9-19)17-4-2-1-3-5-17/h1-15H,(H,28,29). The van der Waals surface area contributed by atoms with Gasteiger partial charge in [-0.15, -0.1) is 0 Å². The van der Waals surface area contributed by atoms with Crippen LogP contribution < -0.4 is 0 Å². The highest BCUT2D eigenvalue weighted by Gasteiger charge is 2.10. The molecule has 4 aromatic rings. The number of carbonyl (C=O) groups is 1. The quantitative estimate of drug-likeness (QED) is 0.499. The zero-order valence-corrected chi connectivity index (χ0v) is 15.4. The van der Waals surface area contributed by atoms with Gasteiger partial charge in [0.05, 0.1) is 22.9 Å². The van der Waals surface area contributed by atoms with Crippen LogP contribution in [0.25, 0.3) is 33.5 Å². The van der Waals surface area contributed by atoms with Crippen molar-refractivity contribution in [3.05, 3.63) is 102 Å². The van der Waals surface area contributed by atoms with Crippen LogP contribution in [0.15, 0.2) is 91.1 Å². The fourth-order valence-electron chi connectivity index (χ4n) is 3.24. The Bertz CT molecular complexity index is 1220. The lowest BCUT2D eigenvalue weighted by Crippen LogP contribution is -1.97. The minimum absolute atomic E-state index is 0.161. The Morgan fingerprint density at radius 1 is 0.793 bits per heavy atom. The van der Waals surface area contributed by atoms with Gasteiger partial charge in [0.15, 0.2) is 0 Å². The molecule has 1 heterocycles. The highest BCUT2D eigenvalue weighted by molar-refractivity contribution is 5.89. The van der Waals surface area contributed by atoms with E-state index in [0.717, 1.165) is 22.3 Å². The van der Waals surface area contributed by atoms with Gasteiger partial charge in [0.2, 0.25) is 0 Å². The molecule has 0 fully saturated rings. The number of aromatic nitrogens is 1. The van der Waals surface area contributed by atoms with Gasteiger partial charge >= 0.3 is 5.97 Å². The normalized spacial score (nSPS) is 10.3. The smallest absolute Gasteiger partial charge is 0.335 e. The average Bonchev–Trinajstić information content (AvgIpc) is 2.79. The molecule has 3 aromatic carbocycles. The predicted molar refractivity (Wildman–Crippen MR) is 112 cm³/mol. The molecule has 0 spiro atoms. The maximum Gasteiger partial charge on any atom is 0.335 e. The molecule has 0 aliphatic rings. The van der Waals surface area contributed by atoms with E-state index in [9.17, 15) is 15.2 Å². The summed E-state index contributed by atoms with van der Waals surface area (Å²) in [7, 11) is 0. The number of hydrogen-bond acceptors (Lipinski definition) is 3. The van der Waals surface area contributed by atoms with Gasteiger partial charge < -0.3 is 5.11 Å². The number of aromatic carboxylic acids is 1. The van der Waals surface area contributed by atoms with Crippen molar-refractivity contribution in [3.8, 4) is 39.6 Å². The maximum absolute atomic E-state index is 11.2. The zero-order chi connectivity index (χ0) is 20.2. The lowest BCUT2D eigenvalue weighted by atomic mass is 9.95. The first kappa shape index (κ1) is 18.1. The van der Waals surface area contributed by atoms with Crippen LogP contribution in [0.4, 0.5) is 0 Å². The van der Waals surface area contributed by atoms with Crippen molar-refractivity contribution in [1.29, 1.82) is 5.26 Å². The Balaban J connectivity index is 1.70. The first-order valence-electron chi connectivity index (χ1n) is 9.05.